The van der Waals surface area contributed by atoms with Crippen LogP contribution in [0.3, 0.4) is 0 Å². The van der Waals surface area contributed by atoms with E-state index in [1.165, 1.54) is 4.90 Å². The van der Waals surface area contributed by atoms with Gasteiger partial charge in [0.05, 0.1) is 6.04 Å². The number of likely N-dealkylation sites (tertiary alicyclic amines) is 1. The number of carbonyl (C=O) groups excluding carboxylic acids is 3. The SMILES string of the molecule is CCC(C)C(N)C(=O)N1CCCC1C(=O)NC(C(=O)NC(Cc1ccccc1)C(=O)O)C(C)CC. The summed E-state index contributed by atoms with van der Waals surface area (Å²) < 4.78 is 0. The molecule has 0 radical (unpaired) electrons. The summed E-state index contributed by atoms with van der Waals surface area (Å²) in [6.45, 7) is 8.04. The lowest BCUT2D eigenvalue weighted by atomic mass is 9.96. The molecule has 3 amide bonds. The molecule has 9 nitrogen and oxygen atoms in total. The molecule has 35 heavy (non-hydrogen) atoms. The molecule has 0 aliphatic carbocycles. The third kappa shape index (κ3) is 7.52. The van der Waals surface area contributed by atoms with Crippen LogP contribution in [-0.4, -0.2) is 64.4 Å². The molecule has 1 saturated heterocycles. The van der Waals surface area contributed by atoms with E-state index in [9.17, 15) is 24.3 Å². The quantitative estimate of drug-likeness (QED) is 0.353. The predicted molar refractivity (Wildman–Crippen MR) is 133 cm³/mol. The molecule has 5 N–H and O–H groups in total. The van der Waals surface area contributed by atoms with Crippen molar-refractivity contribution in [3.8, 4) is 0 Å². The summed E-state index contributed by atoms with van der Waals surface area (Å²) in [6.07, 6.45) is 2.64. The van der Waals surface area contributed by atoms with Gasteiger partial charge in [0.25, 0.3) is 0 Å². The van der Waals surface area contributed by atoms with Crippen molar-refractivity contribution in [1.82, 2.24) is 15.5 Å². The third-order valence-corrected chi connectivity index (χ3v) is 7.07. The minimum absolute atomic E-state index is 0.0111. The first-order valence-electron chi connectivity index (χ1n) is 12.5. The Morgan fingerprint density at radius 2 is 1.69 bits per heavy atom. The van der Waals surface area contributed by atoms with Crippen LogP contribution in [0.25, 0.3) is 0 Å². The molecule has 194 valence electrons. The summed E-state index contributed by atoms with van der Waals surface area (Å²) in [5.41, 5.74) is 6.92. The van der Waals surface area contributed by atoms with Gasteiger partial charge in [0, 0.05) is 13.0 Å². The van der Waals surface area contributed by atoms with Crippen LogP contribution in [0.4, 0.5) is 0 Å². The van der Waals surface area contributed by atoms with Crippen molar-refractivity contribution < 1.29 is 24.3 Å². The number of benzene rings is 1. The van der Waals surface area contributed by atoms with E-state index in [0.29, 0.717) is 25.8 Å². The average molecular weight is 489 g/mol. The normalized spacial score (nSPS) is 19.8. The fraction of sp³-hybridized carbons (Fsp3) is 0.615. The van der Waals surface area contributed by atoms with Crippen molar-refractivity contribution in [3.63, 3.8) is 0 Å². The van der Waals surface area contributed by atoms with Crippen LogP contribution in [0.1, 0.15) is 58.9 Å². The summed E-state index contributed by atoms with van der Waals surface area (Å²) in [4.78, 5) is 52.7. The Hall–Kier alpha value is -2.94. The first kappa shape index (κ1) is 28.3. The van der Waals surface area contributed by atoms with Gasteiger partial charge in [-0.25, -0.2) is 4.79 Å². The number of nitrogens with one attached hydrogen (secondary N) is 2. The number of carboxylic acids is 1. The fourth-order valence-corrected chi connectivity index (χ4v) is 4.25. The third-order valence-electron chi connectivity index (χ3n) is 7.07. The largest absolute Gasteiger partial charge is 0.480 e. The van der Waals surface area contributed by atoms with Crippen molar-refractivity contribution in [3.05, 3.63) is 35.9 Å². The van der Waals surface area contributed by atoms with Crippen molar-refractivity contribution >= 4 is 23.7 Å². The second kappa shape index (κ2) is 13.2. The minimum atomic E-state index is -1.15. The number of hydrogen-bond donors (Lipinski definition) is 4. The van der Waals surface area contributed by atoms with E-state index in [2.05, 4.69) is 10.6 Å². The van der Waals surface area contributed by atoms with Crippen LogP contribution in [0.5, 0.6) is 0 Å². The maximum absolute atomic E-state index is 13.2. The van der Waals surface area contributed by atoms with Gasteiger partial charge in [-0.05, 0) is 30.2 Å². The second-order valence-electron chi connectivity index (χ2n) is 9.56. The molecular weight excluding hydrogens is 448 g/mol. The number of rotatable bonds is 12. The molecule has 0 spiro atoms. The smallest absolute Gasteiger partial charge is 0.326 e. The molecule has 9 heteroatoms. The maximum Gasteiger partial charge on any atom is 0.326 e. The zero-order chi connectivity index (χ0) is 26.1. The molecule has 0 bridgehead atoms. The van der Waals surface area contributed by atoms with Crippen LogP contribution in [0.15, 0.2) is 30.3 Å². The molecule has 1 fully saturated rings. The molecule has 1 aromatic carbocycles. The van der Waals surface area contributed by atoms with E-state index in [4.69, 9.17) is 5.73 Å². The van der Waals surface area contributed by atoms with Gasteiger partial charge in [-0.2, -0.15) is 0 Å². The Morgan fingerprint density at radius 1 is 1.06 bits per heavy atom. The first-order chi connectivity index (χ1) is 16.6. The van der Waals surface area contributed by atoms with Crippen LogP contribution in [0.2, 0.25) is 0 Å². The molecule has 6 unspecified atom stereocenters. The summed E-state index contributed by atoms with van der Waals surface area (Å²) >= 11 is 0. The maximum atomic E-state index is 13.2. The molecule has 1 aliphatic rings. The highest BCUT2D eigenvalue weighted by atomic mass is 16.4. The summed E-state index contributed by atoms with van der Waals surface area (Å²) in [5, 5.41) is 15.1. The molecular formula is C26H40N4O5. The Labute approximate surface area is 207 Å². The highest BCUT2D eigenvalue weighted by Crippen LogP contribution is 2.21. The second-order valence-corrected chi connectivity index (χ2v) is 9.56. The molecule has 1 aliphatic heterocycles. The van der Waals surface area contributed by atoms with Crippen molar-refractivity contribution in [2.24, 2.45) is 17.6 Å². The van der Waals surface area contributed by atoms with E-state index in [0.717, 1.165) is 12.0 Å². The van der Waals surface area contributed by atoms with Gasteiger partial charge in [-0.15, -0.1) is 0 Å². The van der Waals surface area contributed by atoms with Gasteiger partial charge in [0.2, 0.25) is 17.7 Å². The van der Waals surface area contributed by atoms with Crippen molar-refractivity contribution in [2.75, 3.05) is 6.54 Å². The summed E-state index contributed by atoms with van der Waals surface area (Å²) in [5.74, 6) is -2.62. The molecule has 6 atom stereocenters. The molecule has 0 aromatic heterocycles. The van der Waals surface area contributed by atoms with Gasteiger partial charge in [-0.3, -0.25) is 14.4 Å². The highest BCUT2D eigenvalue weighted by molar-refractivity contribution is 5.94. The Morgan fingerprint density at radius 3 is 2.26 bits per heavy atom. The van der Waals surface area contributed by atoms with Crippen molar-refractivity contribution in [1.29, 1.82) is 0 Å². The zero-order valence-corrected chi connectivity index (χ0v) is 21.2. The molecule has 1 aromatic rings. The van der Waals surface area contributed by atoms with Crippen molar-refractivity contribution in [2.45, 2.75) is 84.0 Å². The van der Waals surface area contributed by atoms with Crippen LogP contribution in [-0.2, 0) is 25.6 Å². The lowest BCUT2D eigenvalue weighted by molar-refractivity contribution is -0.143. The van der Waals surface area contributed by atoms with E-state index in [1.807, 2.05) is 33.8 Å². The van der Waals surface area contributed by atoms with Gasteiger partial charge >= 0.3 is 5.97 Å². The molecule has 1 heterocycles. The Bertz CT molecular complexity index is 878. The van der Waals surface area contributed by atoms with E-state index in [-0.39, 0.29) is 24.2 Å². The summed E-state index contributed by atoms with van der Waals surface area (Å²) in [6, 6.07) is 5.60. The number of aliphatic carboxylic acids is 1. The predicted octanol–water partition coefficient (Wildman–Crippen LogP) is 1.69. The van der Waals surface area contributed by atoms with Gasteiger partial charge < -0.3 is 26.4 Å². The fourth-order valence-electron chi connectivity index (χ4n) is 4.25. The number of carboxylic acid groups (broad SMARTS) is 1. The number of nitrogens with zero attached hydrogens (tertiary/aromatic N) is 1. The number of carbonyl (C=O) groups is 4. The standard InChI is InChI=1S/C26H40N4O5/c1-5-16(3)21(27)25(33)30-14-10-13-20(30)23(31)29-22(17(4)6-2)24(32)28-19(26(34)35)15-18-11-8-7-9-12-18/h7-9,11-12,16-17,19-22H,5-6,10,13-15,27H2,1-4H3,(H,28,32)(H,29,31)(H,34,35). The molecule has 2 rings (SSSR count). The number of nitrogens with two attached hydrogens (primary N) is 1. The lowest BCUT2D eigenvalue weighted by Gasteiger charge is -2.31. The lowest BCUT2D eigenvalue weighted by Crippen LogP contribution is -2.58. The van der Waals surface area contributed by atoms with E-state index in [1.54, 1.807) is 24.3 Å². The van der Waals surface area contributed by atoms with Crippen LogP contribution >= 0.6 is 0 Å². The Balaban J connectivity index is 2.13. The van der Waals surface area contributed by atoms with Crippen LogP contribution < -0.4 is 16.4 Å². The highest BCUT2D eigenvalue weighted by Gasteiger charge is 2.39. The van der Waals surface area contributed by atoms with Crippen LogP contribution in [0, 0.1) is 11.8 Å². The Kier molecular flexibility index (Phi) is 10.7. The van der Waals surface area contributed by atoms with E-state index >= 15 is 0 Å². The van der Waals surface area contributed by atoms with Gasteiger partial charge in [0.1, 0.15) is 18.1 Å². The molecule has 0 saturated carbocycles. The number of hydrogen-bond acceptors (Lipinski definition) is 5. The zero-order valence-electron chi connectivity index (χ0n) is 21.2. The monoisotopic (exact) mass is 488 g/mol. The first-order valence-corrected chi connectivity index (χ1v) is 12.5. The minimum Gasteiger partial charge on any atom is -0.480 e. The summed E-state index contributed by atoms with van der Waals surface area (Å²) in [7, 11) is 0. The van der Waals surface area contributed by atoms with Gasteiger partial charge in [0.15, 0.2) is 0 Å². The average Bonchev–Trinajstić information content (AvgIpc) is 3.35. The number of amides is 3. The van der Waals surface area contributed by atoms with E-state index < -0.39 is 42.0 Å². The topological polar surface area (TPSA) is 142 Å². The van der Waals surface area contributed by atoms with Gasteiger partial charge in [-0.1, -0.05) is 70.9 Å².